The first-order valence-corrected chi connectivity index (χ1v) is 12.9. The third kappa shape index (κ3) is 5.79. The van der Waals surface area contributed by atoms with E-state index in [4.69, 9.17) is 4.98 Å². The molecule has 1 amide bonds. The molecule has 34 heavy (non-hydrogen) atoms. The minimum Gasteiger partial charge on any atom is -0.328 e. The van der Waals surface area contributed by atoms with Gasteiger partial charge in [0.2, 0.25) is 15.9 Å². The number of nitrogens with one attached hydrogen (secondary N) is 1. The van der Waals surface area contributed by atoms with Gasteiger partial charge in [-0.05, 0) is 24.6 Å². The first-order chi connectivity index (χ1) is 15.9. The zero-order valence-corrected chi connectivity index (χ0v) is 21.6. The molecule has 3 rings (SSSR count). The topological polar surface area (TPSA) is 110 Å². The van der Waals surface area contributed by atoms with Crippen LogP contribution in [0, 0.1) is 0 Å². The Kier molecular flexibility index (Phi) is 7.72. The van der Waals surface area contributed by atoms with Crippen molar-refractivity contribution in [2.75, 3.05) is 19.4 Å². The number of fused-ring (bicyclic) bond motifs is 1. The van der Waals surface area contributed by atoms with Crippen molar-refractivity contribution in [1.82, 2.24) is 23.8 Å². The zero-order valence-electron chi connectivity index (χ0n) is 20.8. The summed E-state index contributed by atoms with van der Waals surface area (Å²) in [7, 11) is -0.543. The Morgan fingerprint density at radius 1 is 1.15 bits per heavy atom. The standard InChI is InChI=1S/C24H34N6O3S/c1-7-8-13-30-20-10-9-18(34(32,33)29(5)6)14-19(20)28-21(30)11-12-22(31)27-17-15-25-23(26-16-17)24(2,3)4/h9-10,14-16H,7-8,11-13H2,1-6H3,(H,27,31). The fraction of sp³-hybridized carbons (Fsp3) is 0.500. The molecule has 0 aliphatic heterocycles. The summed E-state index contributed by atoms with van der Waals surface area (Å²) in [6.45, 7) is 8.96. The molecule has 2 aromatic heterocycles. The van der Waals surface area contributed by atoms with E-state index in [0.717, 1.165) is 30.7 Å². The summed E-state index contributed by atoms with van der Waals surface area (Å²) in [5.74, 6) is 1.32. The SMILES string of the molecule is CCCCn1c(CCC(=O)Nc2cnc(C(C)(C)C)nc2)nc2cc(S(=O)(=O)N(C)C)ccc21. The van der Waals surface area contributed by atoms with E-state index >= 15 is 0 Å². The second-order valence-electron chi connectivity index (χ2n) is 9.56. The second kappa shape index (κ2) is 10.2. The number of hydrogen-bond donors (Lipinski definition) is 1. The van der Waals surface area contributed by atoms with Crippen LogP contribution < -0.4 is 5.32 Å². The molecule has 0 unspecified atom stereocenters. The largest absolute Gasteiger partial charge is 0.328 e. The van der Waals surface area contributed by atoms with E-state index in [2.05, 4.69) is 26.8 Å². The molecule has 1 aromatic carbocycles. The van der Waals surface area contributed by atoms with E-state index in [9.17, 15) is 13.2 Å². The number of imidazole rings is 1. The van der Waals surface area contributed by atoms with Crippen molar-refractivity contribution in [3.8, 4) is 0 Å². The highest BCUT2D eigenvalue weighted by Gasteiger charge is 2.20. The molecule has 0 aliphatic rings. The van der Waals surface area contributed by atoms with Gasteiger partial charge in [-0.2, -0.15) is 0 Å². The number of anilines is 1. The molecule has 0 aliphatic carbocycles. The number of hydrogen-bond acceptors (Lipinski definition) is 6. The molecular formula is C24H34N6O3S. The smallest absolute Gasteiger partial charge is 0.242 e. The monoisotopic (exact) mass is 486 g/mol. The van der Waals surface area contributed by atoms with Gasteiger partial charge in [0.15, 0.2) is 0 Å². The van der Waals surface area contributed by atoms with Gasteiger partial charge in [-0.25, -0.2) is 27.7 Å². The van der Waals surface area contributed by atoms with Crippen LogP contribution in [-0.2, 0) is 33.2 Å². The van der Waals surface area contributed by atoms with Gasteiger partial charge < -0.3 is 9.88 Å². The van der Waals surface area contributed by atoms with E-state index in [1.54, 1.807) is 30.6 Å². The average molecular weight is 487 g/mol. The van der Waals surface area contributed by atoms with E-state index in [-0.39, 0.29) is 22.6 Å². The molecule has 0 saturated carbocycles. The third-order valence-corrected chi connectivity index (χ3v) is 7.31. The fourth-order valence-corrected chi connectivity index (χ4v) is 4.44. The van der Waals surface area contributed by atoms with Crippen LogP contribution in [0.3, 0.4) is 0 Å². The molecule has 0 saturated heterocycles. The van der Waals surface area contributed by atoms with Crippen molar-refractivity contribution in [3.63, 3.8) is 0 Å². The number of nitrogens with zero attached hydrogens (tertiary/aromatic N) is 5. The zero-order chi connectivity index (χ0) is 25.1. The first-order valence-electron chi connectivity index (χ1n) is 11.5. The van der Waals surface area contributed by atoms with Gasteiger partial charge in [0.1, 0.15) is 11.6 Å². The lowest BCUT2D eigenvalue weighted by Crippen LogP contribution is -2.22. The van der Waals surface area contributed by atoms with E-state index in [1.165, 1.54) is 18.4 Å². The van der Waals surface area contributed by atoms with Crippen molar-refractivity contribution in [1.29, 1.82) is 0 Å². The van der Waals surface area contributed by atoms with Crippen LogP contribution in [0.2, 0.25) is 0 Å². The number of carbonyl (C=O) groups excluding carboxylic acids is 1. The van der Waals surface area contributed by atoms with Gasteiger partial charge in [0, 0.05) is 38.9 Å². The normalized spacial score (nSPS) is 12.4. The van der Waals surface area contributed by atoms with E-state index in [1.807, 2.05) is 20.8 Å². The van der Waals surface area contributed by atoms with Crippen LogP contribution in [0.15, 0.2) is 35.5 Å². The quantitative estimate of drug-likeness (QED) is 0.493. The van der Waals surface area contributed by atoms with Crippen LogP contribution in [0.4, 0.5) is 5.69 Å². The van der Waals surface area contributed by atoms with Gasteiger partial charge in [-0.1, -0.05) is 34.1 Å². The molecule has 0 fully saturated rings. The summed E-state index contributed by atoms with van der Waals surface area (Å²) in [5.41, 5.74) is 1.87. The Morgan fingerprint density at radius 3 is 2.41 bits per heavy atom. The lowest BCUT2D eigenvalue weighted by atomic mass is 9.96. The Morgan fingerprint density at radius 2 is 1.82 bits per heavy atom. The maximum absolute atomic E-state index is 12.6. The highest BCUT2D eigenvalue weighted by Crippen LogP contribution is 2.24. The molecule has 3 aromatic rings. The predicted octanol–water partition coefficient (Wildman–Crippen LogP) is 3.75. The minimum atomic E-state index is -3.55. The number of carbonyl (C=O) groups is 1. The predicted molar refractivity (Wildman–Crippen MR) is 133 cm³/mol. The highest BCUT2D eigenvalue weighted by atomic mass is 32.2. The summed E-state index contributed by atoms with van der Waals surface area (Å²) in [4.78, 5) is 26.2. The van der Waals surface area contributed by atoms with Gasteiger partial charge in [-0.15, -0.1) is 0 Å². The van der Waals surface area contributed by atoms with Crippen molar-refractivity contribution in [2.45, 2.75) is 70.2 Å². The number of amides is 1. The minimum absolute atomic E-state index is 0.155. The first kappa shape index (κ1) is 25.8. The van der Waals surface area contributed by atoms with Gasteiger partial charge in [0.05, 0.1) is 34.0 Å². The molecule has 184 valence electrons. The Balaban J connectivity index is 1.79. The molecule has 0 spiro atoms. The maximum atomic E-state index is 12.6. The molecule has 0 radical (unpaired) electrons. The Hall–Kier alpha value is -2.85. The molecule has 10 heteroatoms. The summed E-state index contributed by atoms with van der Waals surface area (Å²) >= 11 is 0. The number of aromatic nitrogens is 4. The lowest BCUT2D eigenvalue weighted by molar-refractivity contribution is -0.116. The average Bonchev–Trinajstić information content (AvgIpc) is 3.12. The molecule has 2 heterocycles. The molecule has 0 atom stereocenters. The summed E-state index contributed by atoms with van der Waals surface area (Å²) < 4.78 is 28.3. The third-order valence-electron chi connectivity index (χ3n) is 5.49. The molecular weight excluding hydrogens is 452 g/mol. The molecule has 9 nitrogen and oxygen atoms in total. The van der Waals surface area contributed by atoms with Crippen molar-refractivity contribution in [2.24, 2.45) is 0 Å². The van der Waals surface area contributed by atoms with Crippen LogP contribution in [0.1, 0.15) is 58.6 Å². The summed E-state index contributed by atoms with van der Waals surface area (Å²) in [6.07, 6.45) is 5.88. The Bertz CT molecular complexity index is 1260. The maximum Gasteiger partial charge on any atom is 0.242 e. The number of benzene rings is 1. The summed E-state index contributed by atoms with van der Waals surface area (Å²) in [5, 5.41) is 2.84. The van der Waals surface area contributed by atoms with Crippen molar-refractivity contribution in [3.05, 3.63) is 42.2 Å². The highest BCUT2D eigenvalue weighted by molar-refractivity contribution is 7.89. The summed E-state index contributed by atoms with van der Waals surface area (Å²) in [6, 6.07) is 5.01. The van der Waals surface area contributed by atoms with Crippen LogP contribution in [0.25, 0.3) is 11.0 Å². The second-order valence-corrected chi connectivity index (χ2v) is 11.7. The molecule has 1 N–H and O–H groups in total. The number of rotatable bonds is 9. The fourth-order valence-electron chi connectivity index (χ4n) is 3.52. The van der Waals surface area contributed by atoms with Crippen molar-refractivity contribution >= 4 is 32.7 Å². The molecule has 0 bridgehead atoms. The van der Waals surface area contributed by atoms with Crippen LogP contribution >= 0.6 is 0 Å². The van der Waals surface area contributed by atoms with Crippen LogP contribution in [-0.4, -0.2) is 52.2 Å². The number of sulfonamides is 1. The van der Waals surface area contributed by atoms with Crippen LogP contribution in [0.5, 0.6) is 0 Å². The number of aryl methyl sites for hydroxylation is 2. The van der Waals surface area contributed by atoms with E-state index in [0.29, 0.717) is 23.4 Å². The van der Waals surface area contributed by atoms with Crippen molar-refractivity contribution < 1.29 is 13.2 Å². The lowest BCUT2D eigenvalue weighted by Gasteiger charge is -2.16. The van der Waals surface area contributed by atoms with Gasteiger partial charge in [-0.3, -0.25) is 4.79 Å². The Labute approximate surface area is 201 Å². The van der Waals surface area contributed by atoms with Gasteiger partial charge in [0.25, 0.3) is 0 Å². The van der Waals surface area contributed by atoms with E-state index < -0.39 is 10.0 Å². The number of unbranched alkanes of at least 4 members (excludes halogenated alkanes) is 1. The van der Waals surface area contributed by atoms with Gasteiger partial charge >= 0.3 is 0 Å².